The van der Waals surface area contributed by atoms with Crippen molar-refractivity contribution in [1.29, 1.82) is 0 Å². The molecule has 0 nitrogen and oxygen atoms in total. The number of benzene rings is 6. The topological polar surface area (TPSA) is 0 Å². The van der Waals surface area contributed by atoms with Crippen LogP contribution < -0.4 is 31.8 Å². The van der Waals surface area contributed by atoms with Crippen LogP contribution >= 0.6 is 15.8 Å². The largest absolute Gasteiger partial charge is 0.130 e. The molecule has 6 aromatic carbocycles. The zero-order chi connectivity index (χ0) is 32.2. The first-order valence-corrected chi connectivity index (χ1v) is 19.4. The van der Waals surface area contributed by atoms with E-state index in [1.165, 1.54) is 70.4 Å². The molecule has 0 bridgehead atoms. The predicted molar refractivity (Wildman–Crippen MR) is 211 cm³/mol. The molecule has 0 spiro atoms. The first-order valence-electron chi connectivity index (χ1n) is 16.7. The van der Waals surface area contributed by atoms with E-state index in [-0.39, 0.29) is 21.1 Å². The molecule has 0 aromatic heterocycles. The third-order valence-corrected chi connectivity index (χ3v) is 12.7. The first-order chi connectivity index (χ1) is 23.4. The molecule has 0 radical (unpaired) electrons. The van der Waals surface area contributed by atoms with Gasteiger partial charge in [0.05, 0.1) is 0 Å². The van der Waals surface area contributed by atoms with Gasteiger partial charge in [-0.25, -0.2) is 0 Å². The average molecular weight is 842 g/mol. The molecule has 3 heteroatoms. The zero-order valence-electron chi connectivity index (χ0n) is 27.4. The van der Waals surface area contributed by atoms with Crippen LogP contribution in [0.4, 0.5) is 0 Å². The van der Waals surface area contributed by atoms with Crippen molar-refractivity contribution in [1.82, 2.24) is 0 Å². The van der Waals surface area contributed by atoms with Crippen LogP contribution in [-0.4, -0.2) is 0 Å². The van der Waals surface area contributed by atoms with Gasteiger partial charge in [0.25, 0.3) is 0 Å². The third kappa shape index (κ3) is 12.1. The number of allylic oxidation sites excluding steroid dienone is 1. The maximum atomic E-state index is 3.18. The normalized spacial score (nSPS) is 12.2. The fourth-order valence-electron chi connectivity index (χ4n) is 5.45. The molecular weight excluding hydrogens is 798 g/mol. The van der Waals surface area contributed by atoms with Crippen LogP contribution in [0.1, 0.15) is 38.5 Å². The minimum absolute atomic E-state index is 0. The summed E-state index contributed by atoms with van der Waals surface area (Å²) in [6, 6.07) is 64.7. The minimum Gasteiger partial charge on any atom is -0.130 e. The standard InChI is InChI=1S/2C18H15P.C9H14.Pt/c2*1-4-10-16(11-5-1)19(17-12-6-2-7-13-17)18-14-8-3-9-15-18;1-2-4-6-8-9-7-5-3-1;/h2*1-15H;1,5H,2,4,6-9H2;. The quantitative estimate of drug-likeness (QED) is 0.116. The van der Waals surface area contributed by atoms with Gasteiger partial charge in [-0.2, -0.15) is 0 Å². The molecular formula is C45H44P2Pt. The zero-order valence-corrected chi connectivity index (χ0v) is 31.5. The van der Waals surface area contributed by atoms with Crippen molar-refractivity contribution in [3.05, 3.63) is 200 Å². The molecule has 6 aromatic rings. The van der Waals surface area contributed by atoms with Crippen LogP contribution in [0.3, 0.4) is 0 Å². The summed E-state index contributed by atoms with van der Waals surface area (Å²) >= 11 is 0. The van der Waals surface area contributed by atoms with E-state index >= 15 is 0 Å². The maximum Gasteiger partial charge on any atom is 0 e. The summed E-state index contributed by atoms with van der Waals surface area (Å²) in [5.41, 5.74) is 3.18. The van der Waals surface area contributed by atoms with Crippen LogP contribution in [0.2, 0.25) is 0 Å². The Hall–Kier alpha value is -3.61. The number of hydrogen-bond acceptors (Lipinski definition) is 0. The molecule has 48 heavy (non-hydrogen) atoms. The van der Waals surface area contributed by atoms with E-state index in [1.54, 1.807) is 0 Å². The summed E-state index contributed by atoms with van der Waals surface area (Å²) < 4.78 is 0. The fraction of sp³-hybridized carbons (Fsp3) is 0.133. The van der Waals surface area contributed by atoms with Gasteiger partial charge in [0, 0.05) is 21.1 Å². The van der Waals surface area contributed by atoms with Gasteiger partial charge in [0.2, 0.25) is 0 Å². The summed E-state index contributed by atoms with van der Waals surface area (Å²) in [6.45, 7) is 0. The summed E-state index contributed by atoms with van der Waals surface area (Å²) in [4.78, 5) is 0. The Morgan fingerprint density at radius 3 is 0.708 bits per heavy atom. The number of hydrogen-bond donors (Lipinski definition) is 0. The second-order valence-corrected chi connectivity index (χ2v) is 15.7. The molecule has 244 valence electrons. The van der Waals surface area contributed by atoms with E-state index in [9.17, 15) is 0 Å². The van der Waals surface area contributed by atoms with Gasteiger partial charge in [-0.15, -0.1) is 5.73 Å². The Kier molecular flexibility index (Phi) is 17.1. The van der Waals surface area contributed by atoms with Crippen LogP contribution in [0.15, 0.2) is 200 Å². The molecule has 0 heterocycles. The van der Waals surface area contributed by atoms with Crippen LogP contribution in [0, 0.1) is 0 Å². The maximum absolute atomic E-state index is 3.18. The van der Waals surface area contributed by atoms with Crippen LogP contribution in [0.5, 0.6) is 0 Å². The molecule has 0 N–H and O–H groups in total. The second-order valence-electron chi connectivity index (χ2n) is 11.3. The van der Waals surface area contributed by atoms with Crippen molar-refractivity contribution in [3.8, 4) is 0 Å². The SMILES string of the molecule is C1=CCCCCCCC=1.[Pt].c1ccc(P(c2ccccc2)c2ccccc2)cc1.c1ccc(P(c2ccccc2)c2ccccc2)cc1. The first kappa shape index (κ1) is 37.2. The summed E-state index contributed by atoms with van der Waals surface area (Å²) in [5.74, 6) is 0. The molecule has 7 rings (SSSR count). The van der Waals surface area contributed by atoms with E-state index in [4.69, 9.17) is 0 Å². The Bertz CT molecular complexity index is 1420. The molecule has 0 fully saturated rings. The van der Waals surface area contributed by atoms with E-state index < -0.39 is 15.8 Å². The monoisotopic (exact) mass is 841 g/mol. The average Bonchev–Trinajstić information content (AvgIpc) is 3.32. The molecule has 0 amide bonds. The van der Waals surface area contributed by atoms with Gasteiger partial charge >= 0.3 is 0 Å². The van der Waals surface area contributed by atoms with Crippen molar-refractivity contribution in [2.75, 3.05) is 0 Å². The van der Waals surface area contributed by atoms with Gasteiger partial charge in [0.1, 0.15) is 0 Å². The van der Waals surface area contributed by atoms with Gasteiger partial charge in [-0.3, -0.25) is 0 Å². The van der Waals surface area contributed by atoms with Gasteiger partial charge in [0.15, 0.2) is 0 Å². The minimum atomic E-state index is -0.446. The third-order valence-electron chi connectivity index (χ3n) is 7.77. The van der Waals surface area contributed by atoms with E-state index in [0.717, 1.165) is 0 Å². The van der Waals surface area contributed by atoms with Crippen molar-refractivity contribution in [2.24, 2.45) is 0 Å². The Morgan fingerprint density at radius 2 is 0.500 bits per heavy atom. The molecule has 0 saturated carbocycles. The molecule has 1 aliphatic rings. The van der Waals surface area contributed by atoms with Gasteiger partial charge in [-0.1, -0.05) is 195 Å². The van der Waals surface area contributed by atoms with Crippen molar-refractivity contribution < 1.29 is 21.1 Å². The Labute approximate surface area is 305 Å². The second kappa shape index (κ2) is 22.1. The molecule has 0 saturated heterocycles. The summed E-state index contributed by atoms with van der Waals surface area (Å²) in [7, 11) is -0.892. The van der Waals surface area contributed by atoms with Crippen molar-refractivity contribution >= 4 is 47.7 Å². The molecule has 0 unspecified atom stereocenters. The van der Waals surface area contributed by atoms with E-state index in [1.807, 2.05) is 0 Å². The van der Waals surface area contributed by atoms with Gasteiger partial charge < -0.3 is 0 Å². The predicted octanol–water partition coefficient (Wildman–Crippen LogP) is 9.94. The van der Waals surface area contributed by atoms with E-state index in [2.05, 4.69) is 200 Å². The fourth-order valence-corrected chi connectivity index (χ4v) is 10.1. The van der Waals surface area contributed by atoms with Crippen molar-refractivity contribution in [2.45, 2.75) is 38.5 Å². The van der Waals surface area contributed by atoms with Crippen LogP contribution in [0.25, 0.3) is 0 Å². The number of rotatable bonds is 6. The van der Waals surface area contributed by atoms with Gasteiger partial charge in [-0.05, 0) is 85.5 Å². The molecule has 0 aliphatic heterocycles. The Morgan fingerprint density at radius 1 is 0.292 bits per heavy atom. The van der Waals surface area contributed by atoms with Crippen molar-refractivity contribution in [3.63, 3.8) is 0 Å². The summed E-state index contributed by atoms with van der Waals surface area (Å²) in [5, 5.41) is 8.39. The smallest absolute Gasteiger partial charge is 0 e. The van der Waals surface area contributed by atoms with Crippen LogP contribution in [-0.2, 0) is 21.1 Å². The summed E-state index contributed by atoms with van der Waals surface area (Å²) in [6.07, 6.45) is 12.3. The Balaban J connectivity index is 0.000000171. The van der Waals surface area contributed by atoms with E-state index in [0.29, 0.717) is 0 Å². The molecule has 0 atom stereocenters. The molecule has 1 aliphatic carbocycles.